The molecular weight excluding hydrogens is 128 g/mol. The highest BCUT2D eigenvalue weighted by Gasteiger charge is 1.87. The molecule has 0 bridgehead atoms. The third-order valence-electron chi connectivity index (χ3n) is 0.908. The van der Waals surface area contributed by atoms with E-state index in [1.807, 2.05) is 13.8 Å². The Morgan fingerprint density at radius 1 is 1.40 bits per heavy atom. The van der Waals surface area contributed by atoms with Crippen molar-refractivity contribution in [2.24, 2.45) is 0 Å². The van der Waals surface area contributed by atoms with Crippen LogP contribution in [0.15, 0.2) is 12.3 Å². The minimum Gasteiger partial charge on any atom is -0.391 e. The molecular formula is C7H14N2O. The van der Waals surface area contributed by atoms with Gasteiger partial charge in [0.25, 0.3) is 0 Å². The first kappa shape index (κ1) is 9.01. The number of nitrogens with one attached hydrogen (secondary N) is 2. The van der Waals surface area contributed by atoms with E-state index in [1.54, 1.807) is 6.20 Å². The minimum absolute atomic E-state index is 0.0524. The molecule has 0 atom stereocenters. The fraction of sp³-hybridized carbons (Fsp3) is 0.571. The normalized spacial score (nSPS) is 9.80. The molecule has 10 heavy (non-hydrogen) atoms. The van der Waals surface area contributed by atoms with E-state index < -0.39 is 0 Å². The molecule has 0 aliphatic rings. The highest BCUT2D eigenvalue weighted by molar-refractivity contribution is 5.87. The number of hydrogen-bond acceptors (Lipinski definition) is 2. The van der Waals surface area contributed by atoms with E-state index in [1.165, 1.54) is 6.08 Å². The Balaban J connectivity index is 3.36. The molecule has 0 aromatic heterocycles. The van der Waals surface area contributed by atoms with Crippen LogP contribution in [-0.4, -0.2) is 19.0 Å². The van der Waals surface area contributed by atoms with Gasteiger partial charge in [-0.3, -0.25) is 4.79 Å². The number of rotatable bonds is 4. The van der Waals surface area contributed by atoms with E-state index in [2.05, 4.69) is 10.6 Å². The molecule has 0 aromatic rings. The van der Waals surface area contributed by atoms with Crippen LogP contribution in [-0.2, 0) is 4.79 Å². The standard InChI is InChI=1S/C7H14N2O/c1-3-8-6-5-7(10)9-4-2/h5-6,8H,3-4H2,1-2H3,(H,9,10)/b6-5-. The first-order valence-electron chi connectivity index (χ1n) is 3.49. The molecule has 2 N–H and O–H groups in total. The molecule has 0 heterocycles. The lowest BCUT2D eigenvalue weighted by molar-refractivity contribution is -0.116. The summed E-state index contributed by atoms with van der Waals surface area (Å²) in [5, 5.41) is 5.53. The van der Waals surface area contributed by atoms with Crippen molar-refractivity contribution < 1.29 is 4.79 Å². The van der Waals surface area contributed by atoms with Crippen molar-refractivity contribution in [2.75, 3.05) is 13.1 Å². The van der Waals surface area contributed by atoms with Crippen LogP contribution in [0.4, 0.5) is 0 Å². The summed E-state index contributed by atoms with van der Waals surface area (Å²) in [6, 6.07) is 0. The second kappa shape index (κ2) is 6.13. The number of hydrogen-bond donors (Lipinski definition) is 2. The maximum Gasteiger partial charge on any atom is 0.245 e. The second-order valence-corrected chi connectivity index (χ2v) is 1.79. The van der Waals surface area contributed by atoms with Gasteiger partial charge in [-0.25, -0.2) is 0 Å². The molecule has 0 aliphatic carbocycles. The van der Waals surface area contributed by atoms with Crippen molar-refractivity contribution in [2.45, 2.75) is 13.8 Å². The van der Waals surface area contributed by atoms with Gasteiger partial charge in [0.05, 0.1) is 0 Å². The largest absolute Gasteiger partial charge is 0.391 e. The summed E-state index contributed by atoms with van der Waals surface area (Å²) < 4.78 is 0. The van der Waals surface area contributed by atoms with Gasteiger partial charge in [-0.05, 0) is 13.8 Å². The van der Waals surface area contributed by atoms with Crippen LogP contribution in [0.2, 0.25) is 0 Å². The maximum atomic E-state index is 10.7. The van der Waals surface area contributed by atoms with Crippen molar-refractivity contribution in [1.29, 1.82) is 0 Å². The van der Waals surface area contributed by atoms with E-state index in [-0.39, 0.29) is 5.91 Å². The second-order valence-electron chi connectivity index (χ2n) is 1.79. The Kier molecular flexibility index (Phi) is 5.53. The minimum atomic E-state index is -0.0524. The Morgan fingerprint density at radius 3 is 2.60 bits per heavy atom. The summed E-state index contributed by atoms with van der Waals surface area (Å²) in [6.45, 7) is 5.38. The predicted octanol–water partition coefficient (Wildman–Crippen LogP) is 0.246. The molecule has 0 spiro atoms. The van der Waals surface area contributed by atoms with Crippen molar-refractivity contribution in [3.05, 3.63) is 12.3 Å². The third kappa shape index (κ3) is 5.15. The molecule has 0 saturated heterocycles. The lowest BCUT2D eigenvalue weighted by Gasteiger charge is -1.94. The molecule has 0 unspecified atom stereocenters. The quantitative estimate of drug-likeness (QED) is 0.552. The van der Waals surface area contributed by atoms with E-state index in [9.17, 15) is 4.79 Å². The molecule has 0 saturated carbocycles. The van der Waals surface area contributed by atoms with Crippen molar-refractivity contribution in [1.82, 2.24) is 10.6 Å². The van der Waals surface area contributed by atoms with Gasteiger partial charge in [0.2, 0.25) is 5.91 Å². The van der Waals surface area contributed by atoms with Gasteiger partial charge >= 0.3 is 0 Å². The van der Waals surface area contributed by atoms with Crippen LogP contribution in [0.1, 0.15) is 13.8 Å². The zero-order valence-corrected chi connectivity index (χ0v) is 6.48. The number of carbonyl (C=O) groups excluding carboxylic acids is 1. The van der Waals surface area contributed by atoms with E-state index in [4.69, 9.17) is 0 Å². The number of likely N-dealkylation sites (N-methyl/N-ethyl adjacent to an activating group) is 1. The monoisotopic (exact) mass is 142 g/mol. The van der Waals surface area contributed by atoms with Gasteiger partial charge in [-0.1, -0.05) is 0 Å². The Bertz CT molecular complexity index is 121. The summed E-state index contributed by atoms with van der Waals surface area (Å²) >= 11 is 0. The van der Waals surface area contributed by atoms with Crippen LogP contribution in [0.25, 0.3) is 0 Å². The zero-order valence-electron chi connectivity index (χ0n) is 6.48. The third-order valence-corrected chi connectivity index (χ3v) is 0.908. The van der Waals surface area contributed by atoms with Gasteiger partial charge in [-0.2, -0.15) is 0 Å². The lowest BCUT2D eigenvalue weighted by atomic mass is 10.5. The highest BCUT2D eigenvalue weighted by Crippen LogP contribution is 1.68. The average molecular weight is 142 g/mol. The van der Waals surface area contributed by atoms with Gasteiger partial charge in [-0.15, -0.1) is 0 Å². The molecule has 3 nitrogen and oxygen atoms in total. The molecule has 3 heteroatoms. The Hall–Kier alpha value is -0.990. The van der Waals surface area contributed by atoms with Gasteiger partial charge < -0.3 is 10.6 Å². The molecule has 0 rings (SSSR count). The molecule has 0 radical (unpaired) electrons. The molecule has 58 valence electrons. The van der Waals surface area contributed by atoms with Crippen molar-refractivity contribution in [3.63, 3.8) is 0 Å². The Labute approximate surface area is 61.5 Å². The first-order valence-corrected chi connectivity index (χ1v) is 3.49. The van der Waals surface area contributed by atoms with Crippen LogP contribution >= 0.6 is 0 Å². The molecule has 1 amide bonds. The molecule has 0 aliphatic heterocycles. The first-order chi connectivity index (χ1) is 4.81. The molecule has 0 aromatic carbocycles. The Morgan fingerprint density at radius 2 is 2.10 bits per heavy atom. The summed E-state index contributed by atoms with van der Waals surface area (Å²) in [5.41, 5.74) is 0. The van der Waals surface area contributed by atoms with Crippen LogP contribution in [0.3, 0.4) is 0 Å². The summed E-state index contributed by atoms with van der Waals surface area (Å²) in [5.74, 6) is -0.0524. The van der Waals surface area contributed by atoms with Gasteiger partial charge in [0, 0.05) is 25.4 Å². The molecule has 0 fully saturated rings. The van der Waals surface area contributed by atoms with E-state index >= 15 is 0 Å². The highest BCUT2D eigenvalue weighted by atomic mass is 16.1. The fourth-order valence-electron chi connectivity index (χ4n) is 0.486. The van der Waals surface area contributed by atoms with Gasteiger partial charge in [0.1, 0.15) is 0 Å². The van der Waals surface area contributed by atoms with Gasteiger partial charge in [0.15, 0.2) is 0 Å². The number of carbonyl (C=O) groups is 1. The zero-order chi connectivity index (χ0) is 7.82. The van der Waals surface area contributed by atoms with Crippen molar-refractivity contribution >= 4 is 5.91 Å². The SMILES string of the molecule is CCN/C=C\C(=O)NCC. The summed E-state index contributed by atoms with van der Waals surface area (Å²) in [6.07, 6.45) is 3.12. The van der Waals surface area contributed by atoms with Crippen LogP contribution < -0.4 is 10.6 Å². The number of amides is 1. The van der Waals surface area contributed by atoms with Crippen LogP contribution in [0.5, 0.6) is 0 Å². The predicted molar refractivity (Wildman–Crippen MR) is 41.5 cm³/mol. The van der Waals surface area contributed by atoms with E-state index in [0.29, 0.717) is 6.54 Å². The maximum absolute atomic E-state index is 10.7. The van der Waals surface area contributed by atoms with E-state index in [0.717, 1.165) is 6.54 Å². The smallest absolute Gasteiger partial charge is 0.245 e. The summed E-state index contributed by atoms with van der Waals surface area (Å²) in [7, 11) is 0. The topological polar surface area (TPSA) is 41.1 Å². The fourth-order valence-corrected chi connectivity index (χ4v) is 0.486. The summed E-state index contributed by atoms with van der Waals surface area (Å²) in [4.78, 5) is 10.7. The van der Waals surface area contributed by atoms with Crippen LogP contribution in [0, 0.1) is 0 Å². The lowest BCUT2D eigenvalue weighted by Crippen LogP contribution is -2.20. The van der Waals surface area contributed by atoms with Crippen molar-refractivity contribution in [3.8, 4) is 0 Å². The average Bonchev–Trinajstić information content (AvgIpc) is 1.89.